The van der Waals surface area contributed by atoms with Crippen molar-refractivity contribution in [2.24, 2.45) is 0 Å². The van der Waals surface area contributed by atoms with Gasteiger partial charge in [0, 0.05) is 5.69 Å². The van der Waals surface area contributed by atoms with Crippen molar-refractivity contribution in [2.45, 2.75) is 45.8 Å². The van der Waals surface area contributed by atoms with E-state index < -0.39 is 8.32 Å². The maximum Gasteiger partial charge on any atom is 0.265 e. The molecule has 2 N–H and O–H groups in total. The Kier molecular flexibility index (Phi) is 9.39. The number of thiophene rings is 1. The van der Waals surface area contributed by atoms with E-state index in [1.807, 2.05) is 13.0 Å². The summed E-state index contributed by atoms with van der Waals surface area (Å²) >= 11 is 7.12. The van der Waals surface area contributed by atoms with Crippen LogP contribution in [0.2, 0.25) is 22.5 Å². The van der Waals surface area contributed by atoms with Crippen LogP contribution >= 0.6 is 22.9 Å². The van der Waals surface area contributed by atoms with Gasteiger partial charge in [-0.1, -0.05) is 38.4 Å². The molecule has 38 heavy (non-hydrogen) atoms. The molecule has 0 atom stereocenters. The summed E-state index contributed by atoms with van der Waals surface area (Å²) < 4.78 is 6.72. The summed E-state index contributed by atoms with van der Waals surface area (Å²) in [6.45, 7) is 13.7. The predicted octanol–water partition coefficient (Wildman–Crippen LogP) is 7.52. The SMILES string of the molecule is Cc1ccc(C(=O)Nc2ccc(N(C#N)CCO[Si](C)(C)C(C)(C)C)cc2)c(NC(=O)c2ccc(Cl)s2)c1. The minimum atomic E-state index is -1.90. The van der Waals surface area contributed by atoms with Gasteiger partial charge in [0.05, 0.1) is 39.3 Å². The first kappa shape index (κ1) is 29.4. The quantitative estimate of drug-likeness (QED) is 0.158. The van der Waals surface area contributed by atoms with Gasteiger partial charge in [0.2, 0.25) is 0 Å². The number of rotatable bonds is 9. The highest BCUT2D eigenvalue weighted by molar-refractivity contribution is 7.18. The molecule has 0 saturated carbocycles. The first-order valence-electron chi connectivity index (χ1n) is 12.2. The summed E-state index contributed by atoms with van der Waals surface area (Å²) in [5.74, 6) is -0.697. The standard InChI is InChI=1S/C28H33ClN4O3SSi/c1-19-7-12-22(23(17-19)32-27(35)24-13-14-25(29)37-24)26(34)31-20-8-10-21(11-9-20)33(18-30)15-16-36-38(5,6)28(2,3)4/h7-14,17H,15-16H2,1-6H3,(H,31,34)(H,32,35). The van der Waals surface area contributed by atoms with Crippen LogP contribution in [0.5, 0.6) is 0 Å². The van der Waals surface area contributed by atoms with E-state index in [1.165, 1.54) is 11.3 Å². The van der Waals surface area contributed by atoms with Crippen molar-refractivity contribution in [2.75, 3.05) is 28.7 Å². The molecule has 1 aromatic heterocycles. The Labute approximate surface area is 234 Å². The number of nitriles is 1. The van der Waals surface area contributed by atoms with E-state index in [1.54, 1.807) is 53.4 Å². The fourth-order valence-corrected chi connectivity index (χ4v) is 5.32. The van der Waals surface area contributed by atoms with E-state index in [9.17, 15) is 14.9 Å². The Balaban J connectivity index is 1.67. The Morgan fingerprint density at radius 3 is 2.32 bits per heavy atom. The van der Waals surface area contributed by atoms with Gasteiger partial charge < -0.3 is 15.1 Å². The third kappa shape index (κ3) is 7.45. The molecule has 0 aliphatic rings. The summed E-state index contributed by atoms with van der Waals surface area (Å²) in [6.07, 6.45) is 2.21. The van der Waals surface area contributed by atoms with Crippen LogP contribution in [-0.4, -0.2) is 33.3 Å². The number of halogens is 1. The van der Waals surface area contributed by atoms with E-state index in [2.05, 4.69) is 50.7 Å². The van der Waals surface area contributed by atoms with Gasteiger partial charge in [0.15, 0.2) is 14.5 Å². The summed E-state index contributed by atoms with van der Waals surface area (Å²) in [5, 5.41) is 15.4. The number of aryl methyl sites for hydroxylation is 1. The molecule has 0 aliphatic heterocycles. The normalized spacial score (nSPS) is 11.5. The van der Waals surface area contributed by atoms with E-state index in [4.69, 9.17) is 16.0 Å². The van der Waals surface area contributed by atoms with Gasteiger partial charge in [0.1, 0.15) is 0 Å². The van der Waals surface area contributed by atoms with Crippen molar-refractivity contribution >= 4 is 60.1 Å². The lowest BCUT2D eigenvalue weighted by molar-refractivity contribution is 0.102. The monoisotopic (exact) mass is 568 g/mol. The molecule has 2 amide bonds. The molecule has 3 aromatic rings. The molecule has 0 spiro atoms. The highest BCUT2D eigenvalue weighted by Crippen LogP contribution is 2.36. The topological polar surface area (TPSA) is 94.5 Å². The third-order valence-electron chi connectivity index (χ3n) is 6.61. The van der Waals surface area contributed by atoms with Crippen molar-refractivity contribution in [1.82, 2.24) is 0 Å². The number of nitrogens with zero attached hydrogens (tertiary/aromatic N) is 2. The van der Waals surface area contributed by atoms with Crippen LogP contribution in [0.4, 0.5) is 17.1 Å². The number of hydrogen-bond acceptors (Lipinski definition) is 6. The summed E-state index contributed by atoms with van der Waals surface area (Å²) in [4.78, 5) is 27.8. The Bertz CT molecular complexity index is 1340. The zero-order chi connectivity index (χ0) is 28.1. The molecular weight excluding hydrogens is 536 g/mol. The summed E-state index contributed by atoms with van der Waals surface area (Å²) in [7, 11) is -1.90. The van der Waals surface area contributed by atoms with Crippen LogP contribution < -0.4 is 15.5 Å². The molecule has 1 heterocycles. The van der Waals surface area contributed by atoms with Crippen molar-refractivity contribution in [3.8, 4) is 6.19 Å². The Morgan fingerprint density at radius 1 is 1.05 bits per heavy atom. The summed E-state index contributed by atoms with van der Waals surface area (Å²) in [5.41, 5.74) is 2.92. The van der Waals surface area contributed by atoms with Crippen molar-refractivity contribution in [1.29, 1.82) is 5.26 Å². The number of carbonyl (C=O) groups is 2. The average molecular weight is 569 g/mol. The molecular formula is C28H33ClN4O3SSi. The zero-order valence-electron chi connectivity index (χ0n) is 22.5. The van der Waals surface area contributed by atoms with E-state index in [0.29, 0.717) is 45.0 Å². The molecule has 0 bridgehead atoms. The highest BCUT2D eigenvalue weighted by atomic mass is 35.5. The Hall–Kier alpha value is -3.16. The minimum absolute atomic E-state index is 0.0993. The Morgan fingerprint density at radius 2 is 1.74 bits per heavy atom. The van der Waals surface area contributed by atoms with Gasteiger partial charge in [-0.05, 0) is 79.2 Å². The van der Waals surface area contributed by atoms with Gasteiger partial charge in [-0.2, -0.15) is 5.26 Å². The highest BCUT2D eigenvalue weighted by Gasteiger charge is 2.37. The predicted molar refractivity (Wildman–Crippen MR) is 159 cm³/mol. The lowest BCUT2D eigenvalue weighted by atomic mass is 10.1. The molecule has 0 unspecified atom stereocenters. The third-order valence-corrected chi connectivity index (χ3v) is 12.4. The first-order chi connectivity index (χ1) is 17.8. The maximum absolute atomic E-state index is 13.1. The lowest BCUT2D eigenvalue weighted by Crippen LogP contribution is -2.42. The van der Waals surface area contributed by atoms with Crippen LogP contribution in [-0.2, 0) is 4.43 Å². The molecule has 0 fully saturated rings. The number of anilines is 3. The van der Waals surface area contributed by atoms with Crippen LogP contribution in [0.25, 0.3) is 0 Å². The maximum atomic E-state index is 13.1. The molecule has 2 aromatic carbocycles. The number of nitrogens with one attached hydrogen (secondary N) is 2. The molecule has 200 valence electrons. The minimum Gasteiger partial charge on any atom is -0.415 e. The van der Waals surface area contributed by atoms with Crippen molar-refractivity contribution < 1.29 is 14.0 Å². The fourth-order valence-electron chi connectivity index (χ4n) is 3.35. The largest absolute Gasteiger partial charge is 0.415 e. The molecule has 10 heteroatoms. The number of amides is 2. The van der Waals surface area contributed by atoms with Gasteiger partial charge in [-0.15, -0.1) is 11.3 Å². The van der Waals surface area contributed by atoms with Crippen LogP contribution in [0, 0.1) is 18.4 Å². The van der Waals surface area contributed by atoms with Crippen LogP contribution in [0.3, 0.4) is 0 Å². The molecule has 0 radical (unpaired) electrons. The smallest absolute Gasteiger partial charge is 0.265 e. The number of benzene rings is 2. The van der Waals surface area contributed by atoms with Gasteiger partial charge in [0.25, 0.3) is 11.8 Å². The second-order valence-corrected chi connectivity index (χ2v) is 17.0. The van der Waals surface area contributed by atoms with Crippen LogP contribution in [0.15, 0.2) is 54.6 Å². The molecule has 3 rings (SSSR count). The first-order valence-corrected chi connectivity index (χ1v) is 16.3. The second-order valence-electron chi connectivity index (χ2n) is 10.5. The average Bonchev–Trinajstić information content (AvgIpc) is 3.28. The van der Waals surface area contributed by atoms with Gasteiger partial charge >= 0.3 is 0 Å². The lowest BCUT2D eigenvalue weighted by Gasteiger charge is -2.36. The second kappa shape index (κ2) is 12.1. The summed E-state index contributed by atoms with van der Waals surface area (Å²) in [6, 6.07) is 15.6. The number of hydrogen-bond donors (Lipinski definition) is 2. The van der Waals surface area contributed by atoms with Crippen molar-refractivity contribution in [3.05, 3.63) is 74.9 Å². The number of carbonyl (C=O) groups excluding carboxylic acids is 2. The van der Waals surface area contributed by atoms with E-state index >= 15 is 0 Å². The molecule has 7 nitrogen and oxygen atoms in total. The van der Waals surface area contributed by atoms with Gasteiger partial charge in [-0.3, -0.25) is 14.5 Å². The molecule has 0 aliphatic carbocycles. The zero-order valence-corrected chi connectivity index (χ0v) is 25.1. The molecule has 0 saturated heterocycles. The van der Waals surface area contributed by atoms with E-state index in [-0.39, 0.29) is 16.9 Å². The van der Waals surface area contributed by atoms with Crippen molar-refractivity contribution in [3.63, 3.8) is 0 Å². The van der Waals surface area contributed by atoms with Gasteiger partial charge in [-0.25, -0.2) is 0 Å². The van der Waals surface area contributed by atoms with E-state index in [0.717, 1.165) is 5.56 Å². The van der Waals surface area contributed by atoms with Crippen LogP contribution in [0.1, 0.15) is 46.4 Å². The fraction of sp³-hybridized carbons (Fsp3) is 0.321.